The van der Waals surface area contributed by atoms with Gasteiger partial charge in [0, 0.05) is 27.5 Å². The molecule has 202 valence electrons. The Balaban J connectivity index is 1.22. The number of benzene rings is 6. The average molecular weight is 551 g/mol. The molecule has 0 saturated heterocycles. The molecule has 8 rings (SSSR count). The Morgan fingerprint density at radius 2 is 0.860 bits per heavy atom. The van der Waals surface area contributed by atoms with E-state index < -0.39 is 0 Å². The molecule has 0 N–H and O–H groups in total. The third kappa shape index (κ3) is 4.77. The summed E-state index contributed by atoms with van der Waals surface area (Å²) in [7, 11) is 0. The van der Waals surface area contributed by atoms with E-state index in [0.717, 1.165) is 61.1 Å². The minimum Gasteiger partial charge on any atom is -0.456 e. The lowest BCUT2D eigenvalue weighted by molar-refractivity contribution is 0.669. The van der Waals surface area contributed by atoms with Crippen LogP contribution in [-0.2, 0) is 0 Å². The molecular formula is C40H26N2O. The molecule has 3 nitrogen and oxygen atoms in total. The topological polar surface area (TPSA) is 38.9 Å². The van der Waals surface area contributed by atoms with Crippen LogP contribution in [0.2, 0.25) is 0 Å². The highest BCUT2D eigenvalue weighted by atomic mass is 16.3. The molecule has 0 aliphatic rings. The first-order valence-corrected chi connectivity index (χ1v) is 14.4. The largest absolute Gasteiger partial charge is 0.456 e. The van der Waals surface area contributed by atoms with Gasteiger partial charge in [0.1, 0.15) is 11.2 Å². The van der Waals surface area contributed by atoms with Crippen molar-refractivity contribution in [2.45, 2.75) is 0 Å². The van der Waals surface area contributed by atoms with Gasteiger partial charge in [0.2, 0.25) is 0 Å². The number of fused-ring (bicyclic) bond motifs is 3. The second-order valence-electron chi connectivity index (χ2n) is 10.7. The number of furan rings is 1. The molecule has 2 heterocycles. The Kier molecular flexibility index (Phi) is 6.12. The Labute approximate surface area is 249 Å². The maximum atomic E-state index is 6.20. The van der Waals surface area contributed by atoms with Crippen LogP contribution in [-0.4, -0.2) is 9.97 Å². The molecule has 0 fully saturated rings. The first kappa shape index (κ1) is 25.0. The highest BCUT2D eigenvalue weighted by molar-refractivity contribution is 6.05. The van der Waals surface area contributed by atoms with E-state index in [4.69, 9.17) is 14.4 Å². The third-order valence-corrected chi connectivity index (χ3v) is 7.92. The van der Waals surface area contributed by atoms with E-state index >= 15 is 0 Å². The molecule has 43 heavy (non-hydrogen) atoms. The lowest BCUT2D eigenvalue weighted by atomic mass is 9.99. The number of hydrogen-bond acceptors (Lipinski definition) is 3. The van der Waals surface area contributed by atoms with Crippen molar-refractivity contribution in [3.05, 3.63) is 158 Å². The summed E-state index contributed by atoms with van der Waals surface area (Å²) in [5, 5.41) is 2.22. The zero-order chi connectivity index (χ0) is 28.6. The first-order valence-electron chi connectivity index (χ1n) is 14.4. The van der Waals surface area contributed by atoms with Gasteiger partial charge in [0.05, 0.1) is 11.4 Å². The van der Waals surface area contributed by atoms with Crippen molar-refractivity contribution in [3.63, 3.8) is 0 Å². The van der Waals surface area contributed by atoms with Crippen molar-refractivity contribution in [3.8, 4) is 56.2 Å². The van der Waals surface area contributed by atoms with Crippen molar-refractivity contribution in [1.29, 1.82) is 0 Å². The van der Waals surface area contributed by atoms with Crippen LogP contribution in [0.5, 0.6) is 0 Å². The van der Waals surface area contributed by atoms with Crippen LogP contribution >= 0.6 is 0 Å². The fourth-order valence-corrected chi connectivity index (χ4v) is 5.69. The minimum absolute atomic E-state index is 0.684. The van der Waals surface area contributed by atoms with Gasteiger partial charge in [-0.05, 0) is 52.6 Å². The lowest BCUT2D eigenvalue weighted by Crippen LogP contribution is -1.96. The highest BCUT2D eigenvalue weighted by Crippen LogP contribution is 2.34. The molecule has 0 aliphatic heterocycles. The average Bonchev–Trinajstić information content (AvgIpc) is 3.47. The Bertz CT molecular complexity index is 2220. The van der Waals surface area contributed by atoms with Crippen LogP contribution in [0.25, 0.3) is 78.1 Å². The summed E-state index contributed by atoms with van der Waals surface area (Å²) in [6, 6.07) is 54.4. The van der Waals surface area contributed by atoms with Crippen LogP contribution < -0.4 is 0 Å². The standard InChI is InChI=1S/C40H26N2O/c1-3-10-27(11-4-1)28-18-20-29(21-19-28)31-14-9-15-33(24-31)40-41-36(30-12-5-2-6-13-30)26-37(42-40)32-22-23-35-34-16-7-8-17-38(34)43-39(35)25-32/h1-26H. The van der Waals surface area contributed by atoms with E-state index in [1.165, 1.54) is 11.1 Å². The normalized spacial score (nSPS) is 11.3. The molecule has 0 bridgehead atoms. The summed E-state index contributed by atoms with van der Waals surface area (Å²) in [6.07, 6.45) is 0. The van der Waals surface area contributed by atoms with E-state index in [1.54, 1.807) is 0 Å². The fourth-order valence-electron chi connectivity index (χ4n) is 5.69. The second-order valence-corrected chi connectivity index (χ2v) is 10.7. The first-order chi connectivity index (χ1) is 21.3. The molecule has 6 aromatic carbocycles. The van der Waals surface area contributed by atoms with Gasteiger partial charge in [0.25, 0.3) is 0 Å². The molecule has 0 aliphatic carbocycles. The zero-order valence-corrected chi connectivity index (χ0v) is 23.3. The van der Waals surface area contributed by atoms with Crippen molar-refractivity contribution >= 4 is 21.9 Å². The zero-order valence-electron chi connectivity index (χ0n) is 23.3. The quantitative estimate of drug-likeness (QED) is 0.214. The monoisotopic (exact) mass is 550 g/mol. The second kappa shape index (κ2) is 10.6. The molecule has 0 radical (unpaired) electrons. The van der Waals surface area contributed by atoms with Gasteiger partial charge in [-0.15, -0.1) is 0 Å². The van der Waals surface area contributed by atoms with E-state index in [1.807, 2.05) is 42.5 Å². The van der Waals surface area contributed by atoms with E-state index in [-0.39, 0.29) is 0 Å². The van der Waals surface area contributed by atoms with Crippen molar-refractivity contribution < 1.29 is 4.42 Å². The molecule has 8 aromatic rings. The number of para-hydroxylation sites is 1. The summed E-state index contributed by atoms with van der Waals surface area (Å²) < 4.78 is 6.20. The van der Waals surface area contributed by atoms with Crippen LogP contribution in [0, 0.1) is 0 Å². The van der Waals surface area contributed by atoms with Gasteiger partial charge in [-0.1, -0.05) is 127 Å². The molecule has 0 atom stereocenters. The Morgan fingerprint density at radius 3 is 1.63 bits per heavy atom. The maximum Gasteiger partial charge on any atom is 0.160 e. The van der Waals surface area contributed by atoms with Gasteiger partial charge in [-0.2, -0.15) is 0 Å². The fraction of sp³-hybridized carbons (Fsp3) is 0. The predicted octanol–water partition coefficient (Wildman–Crippen LogP) is 10.7. The van der Waals surface area contributed by atoms with Crippen LogP contribution in [0.4, 0.5) is 0 Å². The smallest absolute Gasteiger partial charge is 0.160 e. The van der Waals surface area contributed by atoms with Crippen molar-refractivity contribution in [1.82, 2.24) is 9.97 Å². The molecule has 0 spiro atoms. The maximum absolute atomic E-state index is 6.20. The van der Waals surface area contributed by atoms with E-state index in [2.05, 4.69) is 115 Å². The number of hydrogen-bond donors (Lipinski definition) is 0. The van der Waals surface area contributed by atoms with Crippen LogP contribution in [0.1, 0.15) is 0 Å². The Morgan fingerprint density at radius 1 is 0.326 bits per heavy atom. The molecule has 0 unspecified atom stereocenters. The summed E-state index contributed by atoms with van der Waals surface area (Å²) in [5.74, 6) is 0.684. The molecule has 3 heteroatoms. The van der Waals surface area contributed by atoms with Crippen molar-refractivity contribution in [2.75, 3.05) is 0 Å². The van der Waals surface area contributed by atoms with Crippen LogP contribution in [0.3, 0.4) is 0 Å². The van der Waals surface area contributed by atoms with Gasteiger partial charge in [-0.3, -0.25) is 0 Å². The molecular weight excluding hydrogens is 524 g/mol. The van der Waals surface area contributed by atoms with E-state index in [9.17, 15) is 0 Å². The molecule has 0 amide bonds. The molecule has 0 saturated carbocycles. The van der Waals surface area contributed by atoms with Crippen LogP contribution in [0.15, 0.2) is 162 Å². The predicted molar refractivity (Wildman–Crippen MR) is 176 cm³/mol. The summed E-state index contributed by atoms with van der Waals surface area (Å²) >= 11 is 0. The minimum atomic E-state index is 0.684. The van der Waals surface area contributed by atoms with Crippen molar-refractivity contribution in [2.24, 2.45) is 0 Å². The highest BCUT2D eigenvalue weighted by Gasteiger charge is 2.14. The van der Waals surface area contributed by atoms with Gasteiger partial charge in [0.15, 0.2) is 5.82 Å². The number of rotatable bonds is 5. The van der Waals surface area contributed by atoms with Gasteiger partial charge in [-0.25, -0.2) is 9.97 Å². The lowest BCUT2D eigenvalue weighted by Gasteiger charge is -2.11. The third-order valence-electron chi connectivity index (χ3n) is 7.92. The van der Waals surface area contributed by atoms with E-state index in [0.29, 0.717) is 5.82 Å². The SMILES string of the molecule is c1ccc(-c2ccc(-c3cccc(-c4nc(-c5ccccc5)cc(-c5ccc6c(c5)oc5ccccc56)n4)c3)cc2)cc1. The summed E-state index contributed by atoms with van der Waals surface area (Å²) in [6.45, 7) is 0. The number of nitrogens with zero attached hydrogens (tertiary/aromatic N) is 2. The Hall–Kier alpha value is -5.80. The number of aromatic nitrogens is 2. The summed E-state index contributed by atoms with van der Waals surface area (Å²) in [5.41, 5.74) is 11.1. The summed E-state index contributed by atoms with van der Waals surface area (Å²) in [4.78, 5) is 10.1. The molecule has 2 aromatic heterocycles. The van der Waals surface area contributed by atoms with Gasteiger partial charge < -0.3 is 4.42 Å². The van der Waals surface area contributed by atoms with Gasteiger partial charge >= 0.3 is 0 Å².